The summed E-state index contributed by atoms with van der Waals surface area (Å²) in [7, 11) is 1.72. The van der Waals surface area contributed by atoms with Crippen molar-refractivity contribution >= 4 is 0 Å². The van der Waals surface area contributed by atoms with E-state index in [0.717, 1.165) is 12.2 Å². The van der Waals surface area contributed by atoms with Crippen LogP contribution in [0.1, 0.15) is 38.8 Å². The maximum absolute atomic E-state index is 5.34. The molecule has 0 aromatic heterocycles. The molecular formula is C13H21NO. The number of hydrogen-bond acceptors (Lipinski definition) is 2. The average Bonchev–Trinajstić information content (AvgIpc) is 2.28. The molecule has 0 radical (unpaired) electrons. The van der Waals surface area contributed by atoms with Crippen LogP contribution >= 0.6 is 0 Å². The number of rotatable bonds is 5. The zero-order valence-corrected chi connectivity index (χ0v) is 10.1. The van der Waals surface area contributed by atoms with Gasteiger partial charge in [0.05, 0.1) is 7.11 Å². The largest absolute Gasteiger partial charge is 0.496 e. The Kier molecular flexibility index (Phi) is 4.63. The summed E-state index contributed by atoms with van der Waals surface area (Å²) < 4.78 is 5.34. The van der Waals surface area contributed by atoms with Crippen LogP contribution in [0.15, 0.2) is 24.3 Å². The normalized spacial score (nSPS) is 14.7. The van der Waals surface area contributed by atoms with Crippen molar-refractivity contribution in [2.45, 2.75) is 39.3 Å². The molecule has 0 saturated heterocycles. The van der Waals surface area contributed by atoms with Gasteiger partial charge < -0.3 is 10.1 Å². The van der Waals surface area contributed by atoms with Gasteiger partial charge in [0.1, 0.15) is 5.75 Å². The van der Waals surface area contributed by atoms with E-state index in [0.29, 0.717) is 12.1 Å². The summed E-state index contributed by atoms with van der Waals surface area (Å²) >= 11 is 0. The summed E-state index contributed by atoms with van der Waals surface area (Å²) in [6.07, 6.45) is 1.14. The third kappa shape index (κ3) is 3.24. The summed E-state index contributed by atoms with van der Waals surface area (Å²) in [6.45, 7) is 6.56. The molecule has 84 valence electrons. The molecule has 0 spiro atoms. The molecule has 0 bridgehead atoms. The lowest BCUT2D eigenvalue weighted by atomic mass is 10.1. The molecule has 1 aromatic rings. The molecule has 2 atom stereocenters. The first kappa shape index (κ1) is 12.1. The quantitative estimate of drug-likeness (QED) is 0.801. The highest BCUT2D eigenvalue weighted by atomic mass is 16.5. The second-order valence-corrected chi connectivity index (χ2v) is 3.94. The van der Waals surface area contributed by atoms with Crippen LogP contribution in [-0.4, -0.2) is 13.2 Å². The van der Waals surface area contributed by atoms with Crippen LogP contribution in [-0.2, 0) is 0 Å². The van der Waals surface area contributed by atoms with Gasteiger partial charge in [-0.25, -0.2) is 0 Å². The third-order valence-corrected chi connectivity index (χ3v) is 2.75. The first-order chi connectivity index (χ1) is 7.19. The fourth-order valence-corrected chi connectivity index (χ4v) is 1.66. The summed E-state index contributed by atoms with van der Waals surface area (Å²) in [5.41, 5.74) is 1.22. The molecule has 1 aromatic carbocycles. The minimum absolute atomic E-state index is 0.330. The van der Waals surface area contributed by atoms with Crippen molar-refractivity contribution in [2.75, 3.05) is 7.11 Å². The van der Waals surface area contributed by atoms with Crippen LogP contribution < -0.4 is 10.1 Å². The Morgan fingerprint density at radius 3 is 2.53 bits per heavy atom. The minimum Gasteiger partial charge on any atom is -0.496 e. The van der Waals surface area contributed by atoms with Crippen LogP contribution in [0.2, 0.25) is 0 Å². The van der Waals surface area contributed by atoms with Crippen molar-refractivity contribution < 1.29 is 4.74 Å². The number of ether oxygens (including phenoxy) is 1. The van der Waals surface area contributed by atoms with E-state index >= 15 is 0 Å². The van der Waals surface area contributed by atoms with Crippen LogP contribution in [0.25, 0.3) is 0 Å². The standard InChI is InChI=1S/C13H21NO/c1-5-10(2)14-11(3)12-8-6-7-9-13(12)15-4/h6-11,14H,5H2,1-4H3/t10?,11-/m0/s1. The Hall–Kier alpha value is -1.02. The van der Waals surface area contributed by atoms with Crippen LogP contribution in [0.5, 0.6) is 5.75 Å². The highest BCUT2D eigenvalue weighted by Crippen LogP contribution is 2.24. The van der Waals surface area contributed by atoms with Gasteiger partial charge >= 0.3 is 0 Å². The van der Waals surface area contributed by atoms with Crippen LogP contribution in [0, 0.1) is 0 Å². The molecule has 1 rings (SSSR count). The number of hydrogen-bond donors (Lipinski definition) is 1. The molecular weight excluding hydrogens is 186 g/mol. The molecule has 0 aliphatic rings. The predicted octanol–water partition coefficient (Wildman–Crippen LogP) is 3.14. The number of nitrogens with one attached hydrogen (secondary N) is 1. The average molecular weight is 207 g/mol. The lowest BCUT2D eigenvalue weighted by molar-refractivity contribution is 0.394. The molecule has 0 saturated carbocycles. The van der Waals surface area contributed by atoms with Gasteiger partial charge in [0.2, 0.25) is 0 Å². The van der Waals surface area contributed by atoms with E-state index < -0.39 is 0 Å². The van der Waals surface area contributed by atoms with Crippen molar-refractivity contribution in [2.24, 2.45) is 0 Å². The van der Waals surface area contributed by atoms with Crippen molar-refractivity contribution in [1.82, 2.24) is 5.32 Å². The minimum atomic E-state index is 0.330. The van der Waals surface area contributed by atoms with Gasteiger partial charge in [-0.05, 0) is 26.3 Å². The van der Waals surface area contributed by atoms with Gasteiger partial charge in [-0.2, -0.15) is 0 Å². The zero-order valence-electron chi connectivity index (χ0n) is 10.1. The van der Waals surface area contributed by atoms with E-state index in [-0.39, 0.29) is 0 Å². The van der Waals surface area contributed by atoms with Crippen molar-refractivity contribution in [3.8, 4) is 5.75 Å². The SMILES string of the molecule is CCC(C)N[C@@H](C)c1ccccc1OC. The summed E-state index contributed by atoms with van der Waals surface area (Å²) in [4.78, 5) is 0. The molecule has 0 amide bonds. The van der Waals surface area contributed by atoms with Gasteiger partial charge in [-0.3, -0.25) is 0 Å². The van der Waals surface area contributed by atoms with E-state index in [1.165, 1.54) is 5.56 Å². The summed E-state index contributed by atoms with van der Waals surface area (Å²) in [6, 6.07) is 9.02. The number of methoxy groups -OCH3 is 1. The molecule has 0 aliphatic carbocycles. The fraction of sp³-hybridized carbons (Fsp3) is 0.538. The predicted molar refractivity (Wildman–Crippen MR) is 64.3 cm³/mol. The van der Waals surface area contributed by atoms with Crippen molar-refractivity contribution in [1.29, 1.82) is 0 Å². The Morgan fingerprint density at radius 2 is 1.93 bits per heavy atom. The van der Waals surface area contributed by atoms with Gasteiger partial charge in [-0.1, -0.05) is 25.1 Å². The second kappa shape index (κ2) is 5.76. The van der Waals surface area contributed by atoms with Gasteiger partial charge in [0, 0.05) is 17.6 Å². The zero-order chi connectivity index (χ0) is 11.3. The topological polar surface area (TPSA) is 21.3 Å². The molecule has 1 N–H and O–H groups in total. The van der Waals surface area contributed by atoms with Crippen LogP contribution in [0.4, 0.5) is 0 Å². The molecule has 15 heavy (non-hydrogen) atoms. The third-order valence-electron chi connectivity index (χ3n) is 2.75. The van der Waals surface area contributed by atoms with E-state index in [4.69, 9.17) is 4.74 Å². The van der Waals surface area contributed by atoms with Crippen LogP contribution in [0.3, 0.4) is 0 Å². The molecule has 1 unspecified atom stereocenters. The first-order valence-corrected chi connectivity index (χ1v) is 5.58. The van der Waals surface area contributed by atoms with Crippen molar-refractivity contribution in [3.05, 3.63) is 29.8 Å². The second-order valence-electron chi connectivity index (χ2n) is 3.94. The summed E-state index contributed by atoms with van der Waals surface area (Å²) in [5, 5.41) is 3.54. The van der Waals surface area contributed by atoms with E-state index in [9.17, 15) is 0 Å². The summed E-state index contributed by atoms with van der Waals surface area (Å²) in [5.74, 6) is 0.959. The molecule has 2 nitrogen and oxygen atoms in total. The maximum Gasteiger partial charge on any atom is 0.123 e. The van der Waals surface area contributed by atoms with Gasteiger partial charge in [0.25, 0.3) is 0 Å². The molecule has 2 heteroatoms. The Morgan fingerprint density at radius 1 is 1.27 bits per heavy atom. The fourth-order valence-electron chi connectivity index (χ4n) is 1.66. The van der Waals surface area contributed by atoms with Gasteiger partial charge in [0.15, 0.2) is 0 Å². The van der Waals surface area contributed by atoms with Gasteiger partial charge in [-0.15, -0.1) is 0 Å². The number of benzene rings is 1. The van der Waals surface area contributed by atoms with E-state index in [1.54, 1.807) is 7.11 Å². The Labute approximate surface area is 92.6 Å². The Bertz CT molecular complexity index is 298. The number of para-hydroxylation sites is 1. The first-order valence-electron chi connectivity index (χ1n) is 5.58. The van der Waals surface area contributed by atoms with E-state index in [1.807, 2.05) is 18.2 Å². The molecule has 0 heterocycles. The maximum atomic E-state index is 5.34. The van der Waals surface area contributed by atoms with Crippen molar-refractivity contribution in [3.63, 3.8) is 0 Å². The Balaban J connectivity index is 2.76. The molecule has 0 fully saturated rings. The molecule has 0 aliphatic heterocycles. The van der Waals surface area contributed by atoms with E-state index in [2.05, 4.69) is 32.2 Å². The highest BCUT2D eigenvalue weighted by molar-refractivity contribution is 5.35. The lowest BCUT2D eigenvalue weighted by Crippen LogP contribution is -2.28. The monoisotopic (exact) mass is 207 g/mol. The lowest BCUT2D eigenvalue weighted by Gasteiger charge is -2.20. The highest BCUT2D eigenvalue weighted by Gasteiger charge is 2.11. The smallest absolute Gasteiger partial charge is 0.123 e.